The summed E-state index contributed by atoms with van der Waals surface area (Å²) in [6, 6.07) is 27.0. The Hall–Kier alpha value is -4.87. The normalized spacial score (nSPS) is 26.1. The van der Waals surface area contributed by atoms with Gasteiger partial charge in [0.15, 0.2) is 18.1 Å². The number of amides is 3. The van der Waals surface area contributed by atoms with E-state index >= 15 is 0 Å². The van der Waals surface area contributed by atoms with Gasteiger partial charge in [0, 0.05) is 21.7 Å². The van der Waals surface area contributed by atoms with Gasteiger partial charge in [0.1, 0.15) is 0 Å². The number of carbonyl (C=O) groups excluding carboxylic acids is 3. The molecule has 3 heterocycles. The highest BCUT2D eigenvalue weighted by atomic mass is 32.2. The van der Waals surface area contributed by atoms with Crippen LogP contribution in [-0.2, 0) is 14.4 Å². The number of benzene rings is 4. The summed E-state index contributed by atoms with van der Waals surface area (Å²) >= 11 is 2.87. The molecule has 2 bridgehead atoms. The summed E-state index contributed by atoms with van der Waals surface area (Å²) in [5.74, 6) is -0.488. The van der Waals surface area contributed by atoms with Gasteiger partial charge in [-0.1, -0.05) is 65.4 Å². The van der Waals surface area contributed by atoms with Gasteiger partial charge in [-0.25, -0.2) is 0 Å². The molecule has 50 heavy (non-hydrogen) atoms. The number of hydrogen-bond donors (Lipinski definition) is 2. The van der Waals surface area contributed by atoms with Crippen LogP contribution < -0.4 is 24.6 Å². The number of imide groups is 1. The SMILES string of the molecule is COc1cc([C@H]2c3sc(=O)[nH]c3SC3C4CC(C5C(=O)N(c6ccc(C)cc6)C(=O)C45)C32)ccc1OCC(=O)Nc1ccc2ccccc2c1. The van der Waals surface area contributed by atoms with Crippen LogP contribution in [0.15, 0.2) is 94.7 Å². The molecule has 3 fully saturated rings. The number of fused-ring (bicyclic) bond motifs is 10. The first-order chi connectivity index (χ1) is 24.3. The van der Waals surface area contributed by atoms with Gasteiger partial charge in [0.05, 0.1) is 29.7 Å². The van der Waals surface area contributed by atoms with Crippen molar-refractivity contribution in [2.24, 2.45) is 29.6 Å². The summed E-state index contributed by atoms with van der Waals surface area (Å²) in [7, 11) is 1.56. The zero-order valence-corrected chi connectivity index (χ0v) is 28.9. The van der Waals surface area contributed by atoms with Crippen LogP contribution in [0.3, 0.4) is 0 Å². The molecule has 0 spiro atoms. The van der Waals surface area contributed by atoms with Crippen LogP contribution in [0.4, 0.5) is 11.4 Å². The Morgan fingerprint density at radius 1 is 0.900 bits per heavy atom. The second kappa shape index (κ2) is 11.9. The van der Waals surface area contributed by atoms with Crippen LogP contribution in [0.5, 0.6) is 11.5 Å². The van der Waals surface area contributed by atoms with Crippen LogP contribution >= 0.6 is 23.1 Å². The van der Waals surface area contributed by atoms with E-state index in [1.807, 2.05) is 91.9 Å². The Bertz CT molecular complexity index is 2260. The van der Waals surface area contributed by atoms with Gasteiger partial charge in [0.25, 0.3) is 5.91 Å². The van der Waals surface area contributed by atoms with Gasteiger partial charge in [-0.15, -0.1) is 11.8 Å². The van der Waals surface area contributed by atoms with E-state index in [4.69, 9.17) is 9.47 Å². The maximum Gasteiger partial charge on any atom is 0.305 e. The van der Waals surface area contributed by atoms with E-state index in [2.05, 4.69) is 10.3 Å². The maximum absolute atomic E-state index is 14.1. The van der Waals surface area contributed by atoms with Gasteiger partial charge in [-0.2, -0.15) is 0 Å². The van der Waals surface area contributed by atoms with E-state index in [1.54, 1.807) is 18.9 Å². The molecule has 11 heteroatoms. The Kier molecular flexibility index (Phi) is 7.40. The number of anilines is 2. The second-order valence-electron chi connectivity index (χ2n) is 13.6. The molecule has 7 atom stereocenters. The molecule has 2 aliphatic heterocycles. The fourth-order valence-electron chi connectivity index (χ4n) is 8.94. The zero-order chi connectivity index (χ0) is 34.3. The predicted molar refractivity (Wildman–Crippen MR) is 193 cm³/mol. The highest BCUT2D eigenvalue weighted by Crippen LogP contribution is 2.68. The van der Waals surface area contributed by atoms with Gasteiger partial charge in [-0.05, 0) is 83.8 Å². The molecule has 2 aliphatic carbocycles. The molecule has 0 radical (unpaired) electrons. The monoisotopic (exact) mass is 703 g/mol. The molecule has 2 N–H and O–H groups in total. The lowest BCUT2D eigenvalue weighted by atomic mass is 9.68. The molecule has 4 aliphatic rings. The third kappa shape index (κ3) is 4.89. The lowest BCUT2D eigenvalue weighted by Crippen LogP contribution is -2.42. The summed E-state index contributed by atoms with van der Waals surface area (Å²) in [6.07, 6.45) is 0.803. The molecule has 9 nitrogen and oxygen atoms in total. The minimum Gasteiger partial charge on any atom is -0.493 e. The first-order valence-corrected chi connectivity index (χ1v) is 18.4. The summed E-state index contributed by atoms with van der Waals surface area (Å²) in [5.41, 5.74) is 3.32. The molecular weight excluding hydrogens is 671 g/mol. The Labute approximate surface area is 296 Å². The largest absolute Gasteiger partial charge is 0.493 e. The Morgan fingerprint density at radius 3 is 2.44 bits per heavy atom. The van der Waals surface area contributed by atoms with Crippen molar-refractivity contribution < 1.29 is 23.9 Å². The summed E-state index contributed by atoms with van der Waals surface area (Å²) in [5, 5.41) is 5.93. The lowest BCUT2D eigenvalue weighted by molar-refractivity contribution is -0.123. The molecule has 1 saturated heterocycles. The van der Waals surface area contributed by atoms with Crippen molar-refractivity contribution in [2.45, 2.75) is 29.5 Å². The van der Waals surface area contributed by atoms with Crippen LogP contribution in [-0.4, -0.2) is 41.7 Å². The Morgan fingerprint density at radius 2 is 1.66 bits per heavy atom. The highest BCUT2D eigenvalue weighted by Gasteiger charge is 2.69. The predicted octanol–water partition coefficient (Wildman–Crippen LogP) is 6.60. The van der Waals surface area contributed by atoms with Gasteiger partial charge < -0.3 is 19.8 Å². The van der Waals surface area contributed by atoms with Crippen LogP contribution in [0, 0.1) is 36.5 Å². The molecule has 2 saturated carbocycles. The fraction of sp³-hybridized carbons (Fsp3) is 0.282. The van der Waals surface area contributed by atoms with Gasteiger partial charge >= 0.3 is 4.87 Å². The summed E-state index contributed by atoms with van der Waals surface area (Å²) < 4.78 is 11.7. The molecule has 252 valence electrons. The number of thiazole rings is 1. The number of thioether (sulfide) groups is 1. The fourth-order valence-corrected chi connectivity index (χ4v) is 11.8. The quantitative estimate of drug-likeness (QED) is 0.184. The van der Waals surface area contributed by atoms with E-state index < -0.39 is 0 Å². The van der Waals surface area contributed by atoms with Crippen LogP contribution in [0.25, 0.3) is 10.8 Å². The Balaban J connectivity index is 0.990. The molecular formula is C39H33N3O6S2. The number of methoxy groups -OCH3 is 1. The van der Waals surface area contributed by atoms with E-state index in [0.29, 0.717) is 22.9 Å². The number of ether oxygens (including phenoxy) is 2. The number of carbonyl (C=O) groups is 3. The van der Waals surface area contributed by atoms with E-state index in [1.165, 1.54) is 16.2 Å². The first-order valence-electron chi connectivity index (χ1n) is 16.7. The molecule has 4 aromatic carbocycles. The average Bonchev–Trinajstić information content (AvgIpc) is 3.86. The van der Waals surface area contributed by atoms with Crippen molar-refractivity contribution in [2.75, 3.05) is 23.9 Å². The summed E-state index contributed by atoms with van der Waals surface area (Å²) in [6.45, 7) is 1.77. The minimum atomic E-state index is -0.388. The zero-order valence-electron chi connectivity index (χ0n) is 27.3. The molecule has 1 aromatic heterocycles. The van der Waals surface area contributed by atoms with Gasteiger partial charge in [-0.3, -0.25) is 24.1 Å². The van der Waals surface area contributed by atoms with Crippen molar-refractivity contribution in [3.8, 4) is 11.5 Å². The summed E-state index contributed by atoms with van der Waals surface area (Å²) in [4.78, 5) is 58.9. The van der Waals surface area contributed by atoms with E-state index in [-0.39, 0.29) is 70.0 Å². The number of H-pyrrole nitrogens is 1. The maximum atomic E-state index is 14.1. The average molecular weight is 704 g/mol. The number of rotatable bonds is 7. The van der Waals surface area contributed by atoms with E-state index in [9.17, 15) is 19.2 Å². The number of hydrogen-bond acceptors (Lipinski definition) is 8. The number of nitrogens with zero attached hydrogens (tertiary/aromatic N) is 1. The third-order valence-corrected chi connectivity index (χ3v) is 13.5. The number of aryl methyl sites for hydroxylation is 1. The molecule has 5 aromatic rings. The van der Waals surface area contributed by atoms with Crippen molar-refractivity contribution in [1.82, 2.24) is 4.98 Å². The van der Waals surface area contributed by atoms with Crippen molar-refractivity contribution in [3.63, 3.8) is 0 Å². The molecule has 6 unspecified atom stereocenters. The molecule has 3 amide bonds. The topological polar surface area (TPSA) is 118 Å². The second-order valence-corrected chi connectivity index (χ2v) is 15.8. The molecule has 9 rings (SSSR count). The van der Waals surface area contributed by atoms with Crippen molar-refractivity contribution in [1.29, 1.82) is 0 Å². The van der Waals surface area contributed by atoms with Crippen molar-refractivity contribution in [3.05, 3.63) is 111 Å². The third-order valence-electron chi connectivity index (χ3n) is 11.0. The van der Waals surface area contributed by atoms with Crippen LogP contribution in [0.1, 0.15) is 28.3 Å². The number of nitrogens with one attached hydrogen (secondary N) is 2. The van der Waals surface area contributed by atoms with Gasteiger partial charge in [0.2, 0.25) is 11.8 Å². The van der Waals surface area contributed by atoms with E-state index in [0.717, 1.165) is 38.2 Å². The number of aromatic amines is 1. The smallest absolute Gasteiger partial charge is 0.305 e. The van der Waals surface area contributed by atoms with Crippen molar-refractivity contribution >= 4 is 63.0 Å². The standard InChI is InChI=1S/C39H33N3O6S2/c1-19-7-12-24(13-8-19)42-37(44)32-25-17-26(33(32)38(42)45)34-31(25)30(35-36(49-34)41-39(46)50-35)22-10-14-27(28(16-22)47-2)48-18-29(43)40-23-11-9-20-5-3-4-6-21(20)15-23/h3-16,25-26,30-34H,17-18H2,1-2H3,(H,40,43)(H,41,46)/t25?,26?,30-,31?,32?,33?,34?/m1/s1. The first kappa shape index (κ1) is 31.1. The van der Waals surface area contributed by atoms with Crippen LogP contribution in [0.2, 0.25) is 0 Å². The number of aromatic nitrogens is 1. The minimum absolute atomic E-state index is 0.00882. The highest BCUT2D eigenvalue weighted by molar-refractivity contribution is 8.00. The lowest BCUT2D eigenvalue weighted by Gasteiger charge is -2.43.